The minimum absolute atomic E-state index is 0.901. The number of hydrogen-bond donors (Lipinski definition) is 0. The Kier molecular flexibility index (Phi) is 2.40. The molecule has 0 radical (unpaired) electrons. The van der Waals surface area contributed by atoms with Crippen LogP contribution in [0, 0.1) is 0 Å². The summed E-state index contributed by atoms with van der Waals surface area (Å²) in [6, 6.07) is 23.5. The monoisotopic (exact) mass is 258 g/mol. The van der Waals surface area contributed by atoms with E-state index in [1.54, 1.807) is 7.11 Å². The molecule has 4 aromatic rings. The van der Waals surface area contributed by atoms with Gasteiger partial charge in [0.2, 0.25) is 0 Å². The lowest BCUT2D eigenvalue weighted by Gasteiger charge is -2.09. The van der Waals surface area contributed by atoms with Crippen LogP contribution in [0.3, 0.4) is 0 Å². The molecular weight excluding hydrogens is 244 g/mol. The number of hydrogen-bond acceptors (Lipinski definition) is 1. The number of methoxy groups -OCH3 is 1. The molecule has 4 aromatic carbocycles. The fourth-order valence-electron chi connectivity index (χ4n) is 2.93. The second kappa shape index (κ2) is 4.24. The smallest absolute Gasteiger partial charge is 0.119 e. The van der Waals surface area contributed by atoms with Gasteiger partial charge in [-0.1, -0.05) is 54.6 Å². The second-order valence-corrected chi connectivity index (χ2v) is 5.04. The highest BCUT2D eigenvalue weighted by molar-refractivity contribution is 6.20. The third-order valence-electron chi connectivity index (χ3n) is 3.93. The molecule has 0 aliphatic carbocycles. The largest absolute Gasteiger partial charge is 0.497 e. The highest BCUT2D eigenvalue weighted by Gasteiger charge is 2.06. The summed E-state index contributed by atoms with van der Waals surface area (Å²) >= 11 is 0. The van der Waals surface area contributed by atoms with Gasteiger partial charge in [0.05, 0.1) is 7.11 Å². The molecule has 96 valence electrons. The summed E-state index contributed by atoms with van der Waals surface area (Å²) in [5, 5.41) is 7.64. The van der Waals surface area contributed by atoms with E-state index >= 15 is 0 Å². The summed E-state index contributed by atoms with van der Waals surface area (Å²) < 4.78 is 5.38. The van der Waals surface area contributed by atoms with E-state index in [1.165, 1.54) is 32.3 Å². The van der Waals surface area contributed by atoms with Gasteiger partial charge in [-0.05, 0) is 44.5 Å². The zero-order chi connectivity index (χ0) is 13.5. The zero-order valence-corrected chi connectivity index (χ0v) is 11.3. The van der Waals surface area contributed by atoms with Gasteiger partial charge in [0, 0.05) is 0 Å². The maximum absolute atomic E-state index is 5.38. The number of fused-ring (bicyclic) bond motifs is 5. The van der Waals surface area contributed by atoms with E-state index in [-0.39, 0.29) is 0 Å². The van der Waals surface area contributed by atoms with Crippen molar-refractivity contribution in [3.63, 3.8) is 0 Å². The molecule has 0 saturated carbocycles. The molecule has 0 N–H and O–H groups in total. The normalized spacial score (nSPS) is 11.2. The van der Waals surface area contributed by atoms with Crippen molar-refractivity contribution >= 4 is 32.3 Å². The Morgan fingerprint density at radius 2 is 1.30 bits per heavy atom. The SMILES string of the molecule is COc1ccc2ccc3ccc4ccccc4c3c2c1. The molecule has 0 atom stereocenters. The van der Waals surface area contributed by atoms with Gasteiger partial charge < -0.3 is 4.74 Å². The molecule has 1 heteroatoms. The van der Waals surface area contributed by atoms with Crippen molar-refractivity contribution in [3.05, 3.63) is 66.7 Å². The molecule has 0 heterocycles. The minimum Gasteiger partial charge on any atom is -0.497 e. The van der Waals surface area contributed by atoms with Crippen molar-refractivity contribution in [2.24, 2.45) is 0 Å². The van der Waals surface area contributed by atoms with Crippen LogP contribution in [-0.2, 0) is 0 Å². The Morgan fingerprint density at radius 3 is 2.10 bits per heavy atom. The highest BCUT2D eigenvalue weighted by atomic mass is 16.5. The van der Waals surface area contributed by atoms with Crippen molar-refractivity contribution in [3.8, 4) is 5.75 Å². The molecule has 0 aromatic heterocycles. The van der Waals surface area contributed by atoms with Crippen LogP contribution < -0.4 is 4.74 Å². The molecule has 1 nitrogen and oxygen atoms in total. The summed E-state index contributed by atoms with van der Waals surface area (Å²) in [5.74, 6) is 0.901. The maximum Gasteiger partial charge on any atom is 0.119 e. The van der Waals surface area contributed by atoms with E-state index in [0.717, 1.165) is 5.75 Å². The van der Waals surface area contributed by atoms with Crippen LogP contribution in [0.4, 0.5) is 0 Å². The summed E-state index contributed by atoms with van der Waals surface area (Å²) in [6.07, 6.45) is 0. The number of rotatable bonds is 1. The van der Waals surface area contributed by atoms with Gasteiger partial charge in [0.25, 0.3) is 0 Å². The molecule has 0 unspecified atom stereocenters. The van der Waals surface area contributed by atoms with Crippen LogP contribution in [0.5, 0.6) is 5.75 Å². The summed E-state index contributed by atoms with van der Waals surface area (Å²) in [7, 11) is 1.71. The van der Waals surface area contributed by atoms with Gasteiger partial charge in [-0.3, -0.25) is 0 Å². The molecule has 0 amide bonds. The van der Waals surface area contributed by atoms with E-state index in [1.807, 2.05) is 6.07 Å². The van der Waals surface area contributed by atoms with Crippen LogP contribution >= 0.6 is 0 Å². The molecule has 4 rings (SSSR count). The van der Waals surface area contributed by atoms with E-state index in [4.69, 9.17) is 4.74 Å². The Bertz CT molecular complexity index is 933. The molecule has 0 spiro atoms. The van der Waals surface area contributed by atoms with Crippen molar-refractivity contribution in [1.82, 2.24) is 0 Å². The molecule has 0 bridgehead atoms. The van der Waals surface area contributed by atoms with Crippen LogP contribution in [0.25, 0.3) is 32.3 Å². The predicted molar refractivity (Wildman–Crippen MR) is 85.5 cm³/mol. The predicted octanol–water partition coefficient (Wildman–Crippen LogP) is 5.15. The number of benzene rings is 4. The number of ether oxygens (including phenoxy) is 1. The fourth-order valence-corrected chi connectivity index (χ4v) is 2.93. The first kappa shape index (κ1) is 11.3. The standard InChI is InChI=1S/C19H14O/c1-20-16-11-10-14-7-9-15-8-6-13-4-2-3-5-17(13)19(15)18(14)12-16/h2-12H,1H3. The molecular formula is C19H14O. The Labute approximate surface area is 117 Å². The van der Waals surface area contributed by atoms with Crippen LogP contribution in [0.2, 0.25) is 0 Å². The Morgan fingerprint density at radius 1 is 0.650 bits per heavy atom. The van der Waals surface area contributed by atoms with Gasteiger partial charge in [0.1, 0.15) is 5.75 Å². The van der Waals surface area contributed by atoms with Gasteiger partial charge in [-0.15, -0.1) is 0 Å². The van der Waals surface area contributed by atoms with Crippen LogP contribution in [0.1, 0.15) is 0 Å². The lowest BCUT2D eigenvalue weighted by Crippen LogP contribution is -1.84. The molecule has 0 aliphatic rings. The molecule has 20 heavy (non-hydrogen) atoms. The van der Waals surface area contributed by atoms with Gasteiger partial charge in [0.15, 0.2) is 0 Å². The average Bonchev–Trinajstić information content (AvgIpc) is 2.53. The third-order valence-corrected chi connectivity index (χ3v) is 3.93. The summed E-state index contributed by atoms with van der Waals surface area (Å²) in [6.45, 7) is 0. The Hall–Kier alpha value is -2.54. The van der Waals surface area contributed by atoms with Gasteiger partial charge >= 0.3 is 0 Å². The van der Waals surface area contributed by atoms with Gasteiger partial charge in [-0.2, -0.15) is 0 Å². The van der Waals surface area contributed by atoms with E-state index < -0.39 is 0 Å². The van der Waals surface area contributed by atoms with E-state index in [2.05, 4.69) is 60.7 Å². The molecule has 0 fully saturated rings. The van der Waals surface area contributed by atoms with Crippen LogP contribution in [0.15, 0.2) is 66.7 Å². The fraction of sp³-hybridized carbons (Fsp3) is 0.0526. The lowest BCUT2D eigenvalue weighted by molar-refractivity contribution is 0.415. The van der Waals surface area contributed by atoms with E-state index in [9.17, 15) is 0 Å². The molecule has 0 saturated heterocycles. The first-order chi connectivity index (χ1) is 9.86. The van der Waals surface area contributed by atoms with Crippen molar-refractivity contribution in [1.29, 1.82) is 0 Å². The Balaban J connectivity index is 2.29. The summed E-state index contributed by atoms with van der Waals surface area (Å²) in [4.78, 5) is 0. The average molecular weight is 258 g/mol. The quantitative estimate of drug-likeness (QED) is 0.429. The highest BCUT2D eigenvalue weighted by Crippen LogP contribution is 2.33. The van der Waals surface area contributed by atoms with Crippen molar-refractivity contribution < 1.29 is 4.74 Å². The maximum atomic E-state index is 5.38. The first-order valence-corrected chi connectivity index (χ1v) is 6.75. The van der Waals surface area contributed by atoms with E-state index in [0.29, 0.717) is 0 Å². The lowest BCUT2D eigenvalue weighted by atomic mass is 9.96. The third kappa shape index (κ3) is 1.56. The first-order valence-electron chi connectivity index (χ1n) is 6.75. The van der Waals surface area contributed by atoms with Crippen molar-refractivity contribution in [2.75, 3.05) is 7.11 Å². The van der Waals surface area contributed by atoms with Gasteiger partial charge in [-0.25, -0.2) is 0 Å². The van der Waals surface area contributed by atoms with Crippen LogP contribution in [-0.4, -0.2) is 7.11 Å². The second-order valence-electron chi connectivity index (χ2n) is 5.04. The topological polar surface area (TPSA) is 9.23 Å². The summed E-state index contributed by atoms with van der Waals surface area (Å²) in [5.41, 5.74) is 0. The van der Waals surface area contributed by atoms with Crippen molar-refractivity contribution in [2.45, 2.75) is 0 Å². The zero-order valence-electron chi connectivity index (χ0n) is 11.3. The molecule has 0 aliphatic heterocycles. The minimum atomic E-state index is 0.901.